The van der Waals surface area contributed by atoms with E-state index in [2.05, 4.69) is 0 Å². The Morgan fingerprint density at radius 1 is 1.50 bits per heavy atom. The minimum atomic E-state index is -3.59. The third-order valence-electron chi connectivity index (χ3n) is 3.20. The summed E-state index contributed by atoms with van der Waals surface area (Å²) in [4.78, 5) is 0.0996. The van der Waals surface area contributed by atoms with Crippen LogP contribution >= 0.6 is 11.6 Å². The molecule has 1 saturated heterocycles. The van der Waals surface area contributed by atoms with Gasteiger partial charge in [-0.15, -0.1) is 0 Å². The van der Waals surface area contributed by atoms with Gasteiger partial charge < -0.3 is 10.8 Å². The Bertz CT molecular complexity index is 568. The van der Waals surface area contributed by atoms with Crippen molar-refractivity contribution in [2.45, 2.75) is 23.8 Å². The van der Waals surface area contributed by atoms with Crippen molar-refractivity contribution in [2.24, 2.45) is 0 Å². The standard InChI is InChI=1S/C11H15ClN2O3S/c1-2-11(15)6-14(7-11)18(16,17)8-3-4-9(12)10(13)5-8/h3-5,15H,2,6-7,13H2,1H3. The summed E-state index contributed by atoms with van der Waals surface area (Å²) in [5.74, 6) is 0. The predicted octanol–water partition coefficient (Wildman–Crippen LogP) is 1.07. The fourth-order valence-corrected chi connectivity index (χ4v) is 3.59. The molecule has 0 amide bonds. The number of hydrogen-bond acceptors (Lipinski definition) is 4. The van der Waals surface area contributed by atoms with E-state index in [-0.39, 0.29) is 23.7 Å². The third-order valence-corrected chi connectivity index (χ3v) is 5.34. The largest absolute Gasteiger partial charge is 0.397 e. The van der Waals surface area contributed by atoms with E-state index < -0.39 is 15.6 Å². The lowest BCUT2D eigenvalue weighted by molar-refractivity contribution is -0.0613. The van der Waals surface area contributed by atoms with Crippen LogP contribution in [0.25, 0.3) is 0 Å². The summed E-state index contributed by atoms with van der Waals surface area (Å²) in [5.41, 5.74) is 4.92. The van der Waals surface area contributed by atoms with Crippen LogP contribution in [0.4, 0.5) is 5.69 Å². The number of nitrogens with two attached hydrogens (primary N) is 1. The molecule has 7 heteroatoms. The maximum atomic E-state index is 12.2. The molecule has 1 aromatic carbocycles. The maximum absolute atomic E-state index is 12.2. The van der Waals surface area contributed by atoms with Crippen LogP contribution in [-0.2, 0) is 10.0 Å². The fourth-order valence-electron chi connectivity index (χ4n) is 1.84. The zero-order valence-electron chi connectivity index (χ0n) is 9.93. The van der Waals surface area contributed by atoms with Gasteiger partial charge in [0, 0.05) is 13.1 Å². The van der Waals surface area contributed by atoms with Gasteiger partial charge in [0.2, 0.25) is 10.0 Å². The van der Waals surface area contributed by atoms with Gasteiger partial charge in [-0.25, -0.2) is 8.42 Å². The van der Waals surface area contributed by atoms with E-state index in [9.17, 15) is 13.5 Å². The smallest absolute Gasteiger partial charge is 0.243 e. The first-order chi connectivity index (χ1) is 8.28. The first-order valence-electron chi connectivity index (χ1n) is 5.56. The van der Waals surface area contributed by atoms with Crippen molar-refractivity contribution >= 4 is 27.3 Å². The number of rotatable bonds is 3. The van der Waals surface area contributed by atoms with Gasteiger partial charge >= 0.3 is 0 Å². The summed E-state index contributed by atoms with van der Waals surface area (Å²) >= 11 is 5.75. The zero-order valence-corrected chi connectivity index (χ0v) is 11.5. The molecule has 0 aromatic heterocycles. The number of halogens is 1. The van der Waals surface area contributed by atoms with Crippen molar-refractivity contribution in [3.05, 3.63) is 23.2 Å². The molecule has 0 unspecified atom stereocenters. The monoisotopic (exact) mass is 290 g/mol. The second kappa shape index (κ2) is 4.38. The van der Waals surface area contributed by atoms with Crippen molar-refractivity contribution in [3.63, 3.8) is 0 Å². The molecule has 0 spiro atoms. The molecule has 1 heterocycles. The number of nitrogen functional groups attached to an aromatic ring is 1. The van der Waals surface area contributed by atoms with E-state index in [1.807, 2.05) is 6.92 Å². The van der Waals surface area contributed by atoms with Crippen LogP contribution in [0.2, 0.25) is 5.02 Å². The molecule has 1 aromatic rings. The van der Waals surface area contributed by atoms with Crippen LogP contribution in [0, 0.1) is 0 Å². The first-order valence-corrected chi connectivity index (χ1v) is 7.38. The average molecular weight is 291 g/mol. The van der Waals surface area contributed by atoms with E-state index in [0.717, 1.165) is 0 Å². The van der Waals surface area contributed by atoms with Crippen LogP contribution in [0.3, 0.4) is 0 Å². The Morgan fingerprint density at radius 3 is 2.61 bits per heavy atom. The molecule has 0 atom stereocenters. The molecular weight excluding hydrogens is 276 g/mol. The van der Waals surface area contributed by atoms with Gasteiger partial charge in [0.25, 0.3) is 0 Å². The van der Waals surface area contributed by atoms with Crippen molar-refractivity contribution in [1.82, 2.24) is 4.31 Å². The van der Waals surface area contributed by atoms with Gasteiger partial charge in [-0.1, -0.05) is 18.5 Å². The summed E-state index contributed by atoms with van der Waals surface area (Å²) in [6.07, 6.45) is 0.530. The topological polar surface area (TPSA) is 83.6 Å². The molecule has 0 bridgehead atoms. The Kier molecular flexibility index (Phi) is 3.31. The lowest BCUT2D eigenvalue weighted by atomic mass is 9.94. The second-order valence-electron chi connectivity index (χ2n) is 4.53. The van der Waals surface area contributed by atoms with Crippen molar-refractivity contribution in [2.75, 3.05) is 18.8 Å². The molecule has 18 heavy (non-hydrogen) atoms. The lowest BCUT2D eigenvalue weighted by Crippen LogP contribution is -2.62. The molecule has 2 rings (SSSR count). The Balaban J connectivity index is 2.25. The SMILES string of the molecule is CCC1(O)CN(S(=O)(=O)c2ccc(Cl)c(N)c2)C1. The Morgan fingerprint density at radius 2 is 2.11 bits per heavy atom. The third kappa shape index (κ3) is 2.21. The molecule has 3 N–H and O–H groups in total. The van der Waals surface area contributed by atoms with Gasteiger partial charge in [-0.2, -0.15) is 4.31 Å². The second-order valence-corrected chi connectivity index (χ2v) is 6.88. The molecule has 0 radical (unpaired) electrons. The summed E-state index contributed by atoms with van der Waals surface area (Å²) in [7, 11) is -3.59. The number of β-amino-alcohol motifs (C(OH)–C–C–N with tert-alkyl or cyclic N) is 1. The summed E-state index contributed by atoms with van der Waals surface area (Å²) in [5, 5.41) is 10.2. The number of aliphatic hydroxyl groups is 1. The predicted molar refractivity (Wildman–Crippen MR) is 69.9 cm³/mol. The maximum Gasteiger partial charge on any atom is 0.243 e. The molecule has 0 aliphatic carbocycles. The van der Waals surface area contributed by atoms with Gasteiger partial charge in [0.05, 0.1) is 21.2 Å². The minimum absolute atomic E-state index is 0.0996. The summed E-state index contributed by atoms with van der Waals surface area (Å²) in [6, 6.07) is 4.20. The van der Waals surface area contributed by atoms with Crippen LogP contribution < -0.4 is 5.73 Å². The van der Waals surface area contributed by atoms with Crippen molar-refractivity contribution in [3.8, 4) is 0 Å². The highest BCUT2D eigenvalue weighted by atomic mass is 35.5. The van der Waals surface area contributed by atoms with Gasteiger partial charge in [0.15, 0.2) is 0 Å². The van der Waals surface area contributed by atoms with Crippen LogP contribution in [0.5, 0.6) is 0 Å². The van der Waals surface area contributed by atoms with Crippen LogP contribution in [0.1, 0.15) is 13.3 Å². The highest BCUT2D eigenvalue weighted by molar-refractivity contribution is 7.89. The van der Waals surface area contributed by atoms with E-state index >= 15 is 0 Å². The summed E-state index contributed by atoms with van der Waals surface area (Å²) < 4.78 is 25.6. The number of sulfonamides is 1. The molecule has 1 aliphatic heterocycles. The normalized spacial score (nSPS) is 19.5. The number of nitrogens with zero attached hydrogens (tertiary/aromatic N) is 1. The van der Waals surface area contributed by atoms with E-state index in [1.54, 1.807) is 0 Å². The molecular formula is C11H15ClN2O3S. The van der Waals surface area contributed by atoms with Gasteiger partial charge in [0.1, 0.15) is 0 Å². The minimum Gasteiger partial charge on any atom is -0.397 e. The summed E-state index contributed by atoms with van der Waals surface area (Å²) in [6.45, 7) is 2.06. The molecule has 1 fully saturated rings. The first kappa shape index (κ1) is 13.6. The molecule has 100 valence electrons. The van der Waals surface area contributed by atoms with Crippen LogP contribution in [-0.4, -0.2) is 36.5 Å². The highest BCUT2D eigenvalue weighted by Gasteiger charge is 2.45. The van der Waals surface area contributed by atoms with E-state index in [0.29, 0.717) is 11.4 Å². The van der Waals surface area contributed by atoms with Crippen LogP contribution in [0.15, 0.2) is 23.1 Å². The Labute approximate surface area is 111 Å². The fraction of sp³-hybridized carbons (Fsp3) is 0.455. The van der Waals surface area contributed by atoms with Gasteiger partial charge in [-0.3, -0.25) is 0 Å². The average Bonchev–Trinajstić information content (AvgIpc) is 2.28. The Hall–Kier alpha value is -0.820. The van der Waals surface area contributed by atoms with Crippen molar-refractivity contribution < 1.29 is 13.5 Å². The lowest BCUT2D eigenvalue weighted by Gasteiger charge is -2.44. The number of benzene rings is 1. The zero-order chi connectivity index (χ0) is 13.6. The quantitative estimate of drug-likeness (QED) is 0.816. The van der Waals surface area contributed by atoms with E-state index in [4.69, 9.17) is 17.3 Å². The number of anilines is 1. The van der Waals surface area contributed by atoms with Crippen molar-refractivity contribution in [1.29, 1.82) is 0 Å². The molecule has 1 aliphatic rings. The van der Waals surface area contributed by atoms with E-state index in [1.165, 1.54) is 22.5 Å². The number of hydrogen-bond donors (Lipinski definition) is 2. The molecule has 5 nitrogen and oxygen atoms in total. The molecule has 0 saturated carbocycles. The highest BCUT2D eigenvalue weighted by Crippen LogP contribution is 2.31. The van der Waals surface area contributed by atoms with Gasteiger partial charge in [-0.05, 0) is 24.6 Å².